The highest BCUT2D eigenvalue weighted by Crippen LogP contribution is 2.39. The summed E-state index contributed by atoms with van der Waals surface area (Å²) in [4.78, 5) is 34.8. The van der Waals surface area contributed by atoms with Crippen molar-refractivity contribution < 1.29 is 4.79 Å². The molecule has 1 aromatic carbocycles. The summed E-state index contributed by atoms with van der Waals surface area (Å²) in [5.74, 6) is 0.484. The number of aromatic nitrogens is 3. The summed E-state index contributed by atoms with van der Waals surface area (Å²) in [7, 11) is 0. The molecule has 3 aromatic heterocycles. The van der Waals surface area contributed by atoms with Crippen LogP contribution < -0.4 is 10.9 Å². The smallest absolute Gasteiger partial charge is 0.261 e. The number of hydrogen-bond donors (Lipinski definition) is 1. The molecule has 0 saturated carbocycles. The van der Waals surface area contributed by atoms with Gasteiger partial charge in [-0.05, 0) is 37.1 Å². The molecule has 10 heteroatoms. The van der Waals surface area contributed by atoms with E-state index in [0.717, 1.165) is 37.1 Å². The van der Waals surface area contributed by atoms with Crippen molar-refractivity contribution in [3.8, 4) is 11.3 Å². The number of carbonyl (C=O) groups is 1. The standard InChI is InChI=1S/C21H16Cl2N4O2S2/c22-16-9-13(18(23)31-16)15-10-30-21(25-15)26-19(28)11-5-6-12-14(8-11)24-17-4-2-1-3-7-27(17)20(12)29/h5-6,8-10H,1-4,7H2,(H,25,26,28). The van der Waals surface area contributed by atoms with Crippen LogP contribution in [0.2, 0.25) is 8.67 Å². The number of amides is 1. The van der Waals surface area contributed by atoms with Crippen LogP contribution in [0, 0.1) is 0 Å². The summed E-state index contributed by atoms with van der Waals surface area (Å²) in [6, 6.07) is 6.75. The average Bonchev–Trinajstić information content (AvgIpc) is 3.25. The van der Waals surface area contributed by atoms with Crippen LogP contribution in [0.4, 0.5) is 5.13 Å². The molecule has 4 aromatic rings. The highest BCUT2D eigenvalue weighted by Gasteiger charge is 2.17. The van der Waals surface area contributed by atoms with E-state index in [1.807, 2.05) is 5.38 Å². The van der Waals surface area contributed by atoms with Crippen LogP contribution in [0.5, 0.6) is 0 Å². The molecule has 0 atom stereocenters. The number of thiophene rings is 1. The molecule has 1 N–H and O–H groups in total. The van der Waals surface area contributed by atoms with Crippen molar-refractivity contribution in [3.63, 3.8) is 0 Å². The van der Waals surface area contributed by atoms with Crippen LogP contribution in [0.1, 0.15) is 35.4 Å². The van der Waals surface area contributed by atoms with Gasteiger partial charge in [0.1, 0.15) is 10.2 Å². The van der Waals surface area contributed by atoms with Gasteiger partial charge in [-0.1, -0.05) is 29.6 Å². The molecule has 158 valence electrons. The van der Waals surface area contributed by atoms with E-state index in [1.54, 1.807) is 28.8 Å². The highest BCUT2D eigenvalue weighted by atomic mass is 35.5. The number of anilines is 1. The van der Waals surface area contributed by atoms with Gasteiger partial charge in [0.2, 0.25) is 0 Å². The Hall–Kier alpha value is -2.26. The highest BCUT2D eigenvalue weighted by molar-refractivity contribution is 7.20. The maximum Gasteiger partial charge on any atom is 0.261 e. The number of aryl methyl sites for hydroxylation is 1. The van der Waals surface area contributed by atoms with Gasteiger partial charge in [-0.3, -0.25) is 19.5 Å². The zero-order valence-corrected chi connectivity index (χ0v) is 19.3. The van der Waals surface area contributed by atoms with Gasteiger partial charge in [0.25, 0.3) is 11.5 Å². The van der Waals surface area contributed by atoms with Gasteiger partial charge in [0.05, 0.1) is 20.9 Å². The van der Waals surface area contributed by atoms with Crippen molar-refractivity contribution in [1.82, 2.24) is 14.5 Å². The summed E-state index contributed by atoms with van der Waals surface area (Å²) >= 11 is 14.8. The summed E-state index contributed by atoms with van der Waals surface area (Å²) in [5.41, 5.74) is 2.33. The lowest BCUT2D eigenvalue weighted by Crippen LogP contribution is -2.24. The Balaban J connectivity index is 1.42. The number of benzene rings is 1. The van der Waals surface area contributed by atoms with Gasteiger partial charge in [-0.2, -0.15) is 0 Å². The monoisotopic (exact) mass is 490 g/mol. The molecule has 1 amide bonds. The lowest BCUT2D eigenvalue weighted by atomic mass is 10.1. The fraction of sp³-hybridized carbons (Fsp3) is 0.238. The zero-order valence-electron chi connectivity index (χ0n) is 16.2. The molecule has 1 aliphatic rings. The third-order valence-corrected chi connectivity index (χ3v) is 7.48. The first-order chi connectivity index (χ1) is 15.0. The van der Waals surface area contributed by atoms with Gasteiger partial charge in [-0.25, -0.2) is 9.97 Å². The van der Waals surface area contributed by atoms with Gasteiger partial charge in [0.15, 0.2) is 5.13 Å². The van der Waals surface area contributed by atoms with Gasteiger partial charge in [0, 0.05) is 29.5 Å². The number of fused-ring (bicyclic) bond motifs is 2. The number of carbonyl (C=O) groups excluding carboxylic acids is 1. The second kappa shape index (κ2) is 8.35. The zero-order chi connectivity index (χ0) is 21.5. The molecule has 5 rings (SSSR count). The number of nitrogens with one attached hydrogen (secondary N) is 1. The maximum absolute atomic E-state index is 12.9. The van der Waals surface area contributed by atoms with Gasteiger partial charge < -0.3 is 0 Å². The Morgan fingerprint density at radius 2 is 2.00 bits per heavy atom. The number of thiazole rings is 1. The molecule has 4 heterocycles. The van der Waals surface area contributed by atoms with Crippen LogP contribution >= 0.6 is 45.9 Å². The average molecular weight is 491 g/mol. The Kier molecular flexibility index (Phi) is 5.56. The number of rotatable bonds is 3. The molecule has 0 aliphatic carbocycles. The first kappa shape index (κ1) is 20.6. The molecule has 0 radical (unpaired) electrons. The van der Waals surface area contributed by atoms with Crippen molar-refractivity contribution in [2.24, 2.45) is 0 Å². The fourth-order valence-corrected chi connectivity index (χ4v) is 5.89. The first-order valence-corrected chi connectivity index (χ1v) is 12.2. The summed E-state index contributed by atoms with van der Waals surface area (Å²) in [5, 5.41) is 5.61. The normalized spacial score (nSPS) is 13.7. The molecule has 0 unspecified atom stereocenters. The molecular weight excluding hydrogens is 475 g/mol. The minimum Gasteiger partial charge on any atom is -0.298 e. The topological polar surface area (TPSA) is 76.9 Å². The molecule has 0 spiro atoms. The maximum atomic E-state index is 12.9. The minimum absolute atomic E-state index is 0.0373. The van der Waals surface area contributed by atoms with Crippen molar-refractivity contribution in [2.45, 2.75) is 32.2 Å². The quantitative estimate of drug-likeness (QED) is 0.389. The Labute approximate surface area is 195 Å². The Morgan fingerprint density at radius 3 is 2.81 bits per heavy atom. The van der Waals surface area contributed by atoms with Crippen LogP contribution in [0.3, 0.4) is 0 Å². The molecule has 1 aliphatic heterocycles. The summed E-state index contributed by atoms with van der Waals surface area (Å²) < 4.78 is 2.91. The minimum atomic E-state index is -0.311. The van der Waals surface area contributed by atoms with E-state index in [-0.39, 0.29) is 11.5 Å². The van der Waals surface area contributed by atoms with E-state index in [1.165, 1.54) is 22.7 Å². The lowest BCUT2D eigenvalue weighted by molar-refractivity contribution is 0.102. The van der Waals surface area contributed by atoms with Crippen molar-refractivity contribution in [1.29, 1.82) is 0 Å². The SMILES string of the molecule is O=C(Nc1nc(-c2cc(Cl)sc2Cl)cs1)c1ccc2c(=O)n3c(nc2c1)CCCCC3. The van der Waals surface area contributed by atoms with Crippen molar-refractivity contribution in [3.05, 3.63) is 60.1 Å². The molecule has 6 nitrogen and oxygen atoms in total. The van der Waals surface area contributed by atoms with Gasteiger partial charge in [-0.15, -0.1) is 22.7 Å². The molecule has 31 heavy (non-hydrogen) atoms. The lowest BCUT2D eigenvalue weighted by Gasteiger charge is -2.10. The first-order valence-electron chi connectivity index (χ1n) is 9.75. The molecule has 0 bridgehead atoms. The second-order valence-electron chi connectivity index (χ2n) is 7.26. The van der Waals surface area contributed by atoms with Crippen molar-refractivity contribution >= 4 is 67.8 Å². The van der Waals surface area contributed by atoms with E-state index < -0.39 is 0 Å². The predicted molar refractivity (Wildman–Crippen MR) is 127 cm³/mol. The third kappa shape index (κ3) is 4.01. The summed E-state index contributed by atoms with van der Waals surface area (Å²) in [6.07, 6.45) is 3.87. The fourth-order valence-electron chi connectivity index (χ4n) is 3.70. The van der Waals surface area contributed by atoms with E-state index in [9.17, 15) is 9.59 Å². The predicted octanol–water partition coefficient (Wildman–Crippen LogP) is 5.87. The molecule has 0 saturated heterocycles. The van der Waals surface area contributed by atoms with Crippen LogP contribution in [-0.2, 0) is 13.0 Å². The van der Waals surface area contributed by atoms with Crippen LogP contribution in [-0.4, -0.2) is 20.4 Å². The van der Waals surface area contributed by atoms with E-state index >= 15 is 0 Å². The summed E-state index contributed by atoms with van der Waals surface area (Å²) in [6.45, 7) is 0.699. The second-order valence-corrected chi connectivity index (χ2v) is 10.4. The Morgan fingerprint density at radius 1 is 1.13 bits per heavy atom. The van der Waals surface area contributed by atoms with Crippen LogP contribution in [0.15, 0.2) is 34.4 Å². The Bertz CT molecular complexity index is 1380. The van der Waals surface area contributed by atoms with Crippen molar-refractivity contribution in [2.75, 3.05) is 5.32 Å². The number of halogens is 2. The third-order valence-electron chi connectivity index (χ3n) is 5.24. The van der Waals surface area contributed by atoms with E-state index in [2.05, 4.69) is 15.3 Å². The number of nitrogens with zero attached hydrogens (tertiary/aromatic N) is 3. The molecular formula is C21H16Cl2N4O2S2. The van der Waals surface area contributed by atoms with Crippen LogP contribution in [0.25, 0.3) is 22.2 Å². The number of hydrogen-bond acceptors (Lipinski definition) is 6. The molecule has 0 fully saturated rings. The largest absolute Gasteiger partial charge is 0.298 e. The van der Waals surface area contributed by atoms with E-state index in [4.69, 9.17) is 23.2 Å². The van der Waals surface area contributed by atoms with Gasteiger partial charge >= 0.3 is 0 Å². The van der Waals surface area contributed by atoms with E-state index in [0.29, 0.717) is 42.5 Å².